The maximum atomic E-state index is 11.9. The molecule has 4 bridgehead atoms. The average molecular weight is 260 g/mol. The first-order valence-corrected chi connectivity index (χ1v) is 7.38. The van der Waals surface area contributed by atoms with Gasteiger partial charge in [-0.1, -0.05) is 0 Å². The molecule has 4 saturated carbocycles. The molecule has 4 aliphatic rings. The van der Waals surface area contributed by atoms with Gasteiger partial charge in [0.25, 0.3) is 0 Å². The Bertz CT molecular complexity index is 459. The van der Waals surface area contributed by atoms with E-state index in [0.717, 1.165) is 37.0 Å². The summed E-state index contributed by atoms with van der Waals surface area (Å²) < 4.78 is 1.69. The van der Waals surface area contributed by atoms with Crippen LogP contribution >= 0.6 is 0 Å². The molecule has 1 unspecified atom stereocenters. The molecule has 0 spiro atoms. The summed E-state index contributed by atoms with van der Waals surface area (Å²) in [6.07, 6.45) is 10.8. The summed E-state index contributed by atoms with van der Waals surface area (Å²) in [7, 11) is 0. The lowest BCUT2D eigenvalue weighted by molar-refractivity contribution is -0.156. The fourth-order valence-corrected chi connectivity index (χ4v) is 5.60. The van der Waals surface area contributed by atoms with Gasteiger partial charge in [0, 0.05) is 17.8 Å². The van der Waals surface area contributed by atoms with Crippen LogP contribution in [-0.2, 0) is 4.79 Å². The molecule has 1 atom stereocenters. The molecule has 0 aliphatic heterocycles. The Labute approximate surface area is 112 Å². The molecule has 0 amide bonds. The van der Waals surface area contributed by atoms with Crippen LogP contribution in [0.1, 0.15) is 44.6 Å². The standard InChI is InChI=1S/C15H20N2O2/c18-14(19)13(17-3-1-2-16-17)15-7-10-4-11(8-15)6-12(5-10)9-15/h1-3,10-13H,4-9H2,(H,18,19). The third kappa shape index (κ3) is 1.65. The second kappa shape index (κ2) is 3.84. The van der Waals surface area contributed by atoms with Gasteiger partial charge in [0.05, 0.1) is 0 Å². The number of carbonyl (C=O) groups is 1. The number of aromatic nitrogens is 2. The van der Waals surface area contributed by atoms with Gasteiger partial charge >= 0.3 is 5.97 Å². The van der Waals surface area contributed by atoms with E-state index in [0.29, 0.717) is 0 Å². The van der Waals surface area contributed by atoms with Gasteiger partial charge in [0.2, 0.25) is 0 Å². The molecule has 0 aromatic carbocycles. The smallest absolute Gasteiger partial charge is 0.329 e. The predicted octanol–water partition coefficient (Wildman–Crippen LogP) is 2.73. The minimum Gasteiger partial charge on any atom is -0.480 e. The fraction of sp³-hybridized carbons (Fsp3) is 0.733. The minimum absolute atomic E-state index is 0.0351. The number of hydrogen-bond acceptors (Lipinski definition) is 2. The van der Waals surface area contributed by atoms with E-state index in [1.165, 1.54) is 19.3 Å². The molecule has 1 aromatic rings. The maximum Gasteiger partial charge on any atom is 0.329 e. The molecule has 1 heterocycles. The number of nitrogens with zero attached hydrogens (tertiary/aromatic N) is 2. The van der Waals surface area contributed by atoms with Crippen LogP contribution < -0.4 is 0 Å². The van der Waals surface area contributed by atoms with Crippen LogP contribution in [0.25, 0.3) is 0 Å². The summed E-state index contributed by atoms with van der Waals surface area (Å²) in [6.45, 7) is 0. The van der Waals surface area contributed by atoms with Gasteiger partial charge in [0.15, 0.2) is 6.04 Å². The van der Waals surface area contributed by atoms with Gasteiger partial charge in [-0.05, 0) is 62.3 Å². The monoisotopic (exact) mass is 260 g/mol. The lowest BCUT2D eigenvalue weighted by Gasteiger charge is -2.58. The Hall–Kier alpha value is -1.32. The summed E-state index contributed by atoms with van der Waals surface area (Å²) in [5.74, 6) is 1.60. The van der Waals surface area contributed by atoms with Gasteiger partial charge in [0.1, 0.15) is 0 Å². The molecule has 4 heteroatoms. The van der Waals surface area contributed by atoms with Gasteiger partial charge in [-0.3, -0.25) is 4.68 Å². The highest BCUT2D eigenvalue weighted by atomic mass is 16.4. The number of hydrogen-bond donors (Lipinski definition) is 1. The van der Waals surface area contributed by atoms with Crippen molar-refractivity contribution >= 4 is 5.97 Å². The van der Waals surface area contributed by atoms with E-state index < -0.39 is 12.0 Å². The lowest BCUT2D eigenvalue weighted by Crippen LogP contribution is -2.52. The van der Waals surface area contributed by atoms with Crippen molar-refractivity contribution in [1.82, 2.24) is 9.78 Å². The lowest BCUT2D eigenvalue weighted by atomic mass is 9.47. The Morgan fingerprint density at radius 1 is 1.21 bits per heavy atom. The molecule has 5 rings (SSSR count). The second-order valence-electron chi connectivity index (χ2n) is 7.01. The number of aliphatic carboxylic acids is 1. The van der Waals surface area contributed by atoms with Gasteiger partial charge < -0.3 is 5.11 Å². The van der Waals surface area contributed by atoms with Crippen LogP contribution in [0, 0.1) is 23.2 Å². The Morgan fingerprint density at radius 3 is 2.21 bits per heavy atom. The van der Waals surface area contributed by atoms with Crippen molar-refractivity contribution in [2.45, 2.75) is 44.6 Å². The van der Waals surface area contributed by atoms with Gasteiger partial charge in [-0.25, -0.2) is 4.79 Å². The zero-order chi connectivity index (χ0) is 13.0. The molecule has 4 fully saturated rings. The second-order valence-corrected chi connectivity index (χ2v) is 7.01. The third-order valence-corrected chi connectivity index (χ3v) is 5.69. The molecule has 102 valence electrons. The SMILES string of the molecule is O=C(O)C(n1cccn1)C12CC3CC(CC(C3)C1)C2. The van der Waals surface area contributed by atoms with E-state index in [2.05, 4.69) is 5.10 Å². The highest BCUT2D eigenvalue weighted by molar-refractivity contribution is 5.73. The van der Waals surface area contributed by atoms with Crippen LogP contribution in [0.5, 0.6) is 0 Å². The van der Waals surface area contributed by atoms with Gasteiger partial charge in [-0.15, -0.1) is 0 Å². The van der Waals surface area contributed by atoms with E-state index >= 15 is 0 Å². The molecule has 19 heavy (non-hydrogen) atoms. The van der Waals surface area contributed by atoms with Crippen LogP contribution in [0.4, 0.5) is 0 Å². The zero-order valence-corrected chi connectivity index (χ0v) is 11.0. The number of rotatable bonds is 3. The van der Waals surface area contributed by atoms with Crippen LogP contribution in [0.3, 0.4) is 0 Å². The molecule has 4 nitrogen and oxygen atoms in total. The van der Waals surface area contributed by atoms with Crippen molar-refractivity contribution in [1.29, 1.82) is 0 Å². The Balaban J connectivity index is 1.75. The van der Waals surface area contributed by atoms with E-state index in [1.54, 1.807) is 10.9 Å². The molecule has 1 aromatic heterocycles. The molecule has 4 aliphatic carbocycles. The molecular weight excluding hydrogens is 240 g/mol. The minimum atomic E-state index is -0.703. The van der Waals surface area contributed by atoms with Gasteiger partial charge in [-0.2, -0.15) is 5.10 Å². The van der Waals surface area contributed by atoms with E-state index in [4.69, 9.17) is 0 Å². The first-order chi connectivity index (χ1) is 9.16. The first-order valence-electron chi connectivity index (χ1n) is 7.38. The van der Waals surface area contributed by atoms with Crippen LogP contribution in [0.15, 0.2) is 18.5 Å². The third-order valence-electron chi connectivity index (χ3n) is 5.69. The zero-order valence-electron chi connectivity index (χ0n) is 11.0. The van der Waals surface area contributed by atoms with E-state index in [1.807, 2.05) is 12.3 Å². The predicted molar refractivity (Wildman–Crippen MR) is 69.5 cm³/mol. The molecule has 0 radical (unpaired) electrons. The molecule has 0 saturated heterocycles. The fourth-order valence-electron chi connectivity index (χ4n) is 5.60. The van der Waals surface area contributed by atoms with Crippen molar-refractivity contribution in [2.75, 3.05) is 0 Å². The van der Waals surface area contributed by atoms with Crippen LogP contribution in [-0.4, -0.2) is 20.9 Å². The first kappa shape index (κ1) is 11.5. The maximum absolute atomic E-state index is 11.9. The normalized spacial score (nSPS) is 41.4. The number of carboxylic acids is 1. The van der Waals surface area contributed by atoms with Crippen molar-refractivity contribution in [2.24, 2.45) is 23.2 Å². The molecule has 1 N–H and O–H groups in total. The van der Waals surface area contributed by atoms with E-state index in [-0.39, 0.29) is 5.41 Å². The Kier molecular flexibility index (Phi) is 2.32. The molecular formula is C15H20N2O2. The van der Waals surface area contributed by atoms with Crippen molar-refractivity contribution < 1.29 is 9.90 Å². The van der Waals surface area contributed by atoms with Crippen molar-refractivity contribution in [3.8, 4) is 0 Å². The van der Waals surface area contributed by atoms with E-state index in [9.17, 15) is 9.90 Å². The van der Waals surface area contributed by atoms with Crippen molar-refractivity contribution in [3.05, 3.63) is 18.5 Å². The summed E-state index contributed by atoms with van der Waals surface area (Å²) in [5, 5.41) is 14.0. The number of carboxylic acid groups (broad SMARTS) is 1. The largest absolute Gasteiger partial charge is 0.480 e. The summed E-state index contributed by atoms with van der Waals surface area (Å²) in [5.41, 5.74) is -0.0351. The Morgan fingerprint density at radius 2 is 1.79 bits per heavy atom. The highest BCUT2D eigenvalue weighted by Crippen LogP contribution is 2.63. The topological polar surface area (TPSA) is 55.1 Å². The summed E-state index contributed by atoms with van der Waals surface area (Å²) in [4.78, 5) is 11.9. The summed E-state index contributed by atoms with van der Waals surface area (Å²) >= 11 is 0. The van der Waals surface area contributed by atoms with Crippen LogP contribution in [0.2, 0.25) is 0 Å². The quantitative estimate of drug-likeness (QED) is 0.909. The summed E-state index contributed by atoms with van der Waals surface area (Å²) in [6, 6.07) is 1.37. The highest BCUT2D eigenvalue weighted by Gasteiger charge is 2.56. The van der Waals surface area contributed by atoms with Crippen molar-refractivity contribution in [3.63, 3.8) is 0 Å². The average Bonchev–Trinajstić information content (AvgIpc) is 2.79.